The lowest BCUT2D eigenvalue weighted by atomic mass is 9.47. The number of aromatic amines is 1. The Balaban J connectivity index is 1.46. The van der Waals surface area contributed by atoms with E-state index in [0.29, 0.717) is 68.1 Å². The number of carbonyl (C=O) groups is 3. The third kappa shape index (κ3) is 6.46. The van der Waals surface area contributed by atoms with Gasteiger partial charge in [0.1, 0.15) is 11.2 Å². The van der Waals surface area contributed by atoms with Gasteiger partial charge in [-0.05, 0) is 92.9 Å². The van der Waals surface area contributed by atoms with Gasteiger partial charge in [0.05, 0.1) is 27.4 Å². The molecule has 1 unspecified atom stereocenters. The number of ether oxygens (including phenoxy) is 4. The van der Waals surface area contributed by atoms with Gasteiger partial charge in [-0.2, -0.15) is 0 Å². The Labute approximate surface area is 375 Å². The van der Waals surface area contributed by atoms with Crippen LogP contribution >= 0.6 is 0 Å². The van der Waals surface area contributed by atoms with E-state index in [4.69, 9.17) is 18.9 Å². The molecule has 2 N–H and O–H groups in total. The van der Waals surface area contributed by atoms with Crippen molar-refractivity contribution in [2.24, 2.45) is 11.3 Å². The van der Waals surface area contributed by atoms with Gasteiger partial charge >= 0.3 is 17.9 Å². The number of esters is 3. The number of nitrogens with zero attached hydrogens (tertiary/aromatic N) is 3. The molecule has 64 heavy (non-hydrogen) atoms. The number of hydrogen-bond donors (Lipinski definition) is 2. The van der Waals surface area contributed by atoms with E-state index >= 15 is 13.6 Å². The Bertz CT molecular complexity index is 2360. The second-order valence-corrected chi connectivity index (χ2v) is 19.5. The van der Waals surface area contributed by atoms with E-state index in [1.54, 1.807) is 7.11 Å². The fourth-order valence-electron chi connectivity index (χ4n) is 13.3. The van der Waals surface area contributed by atoms with Crippen molar-refractivity contribution in [3.8, 4) is 5.75 Å². The van der Waals surface area contributed by atoms with Crippen molar-refractivity contribution in [1.29, 1.82) is 0 Å². The zero-order chi connectivity index (χ0) is 46.3. The van der Waals surface area contributed by atoms with E-state index in [-0.39, 0.29) is 37.8 Å². The molecule has 8 rings (SSSR count). The van der Waals surface area contributed by atoms with Crippen molar-refractivity contribution >= 4 is 34.5 Å². The highest BCUT2D eigenvalue weighted by Crippen LogP contribution is 2.68. The lowest BCUT2D eigenvalue weighted by molar-refractivity contribution is -0.228. The van der Waals surface area contributed by atoms with E-state index in [2.05, 4.69) is 46.8 Å². The minimum absolute atomic E-state index is 0.120. The molecule has 1 saturated heterocycles. The minimum atomic E-state index is -2.97. The molecule has 2 fully saturated rings. The van der Waals surface area contributed by atoms with Gasteiger partial charge < -0.3 is 38.8 Å². The van der Waals surface area contributed by atoms with Crippen LogP contribution in [0.2, 0.25) is 0 Å². The molecule has 14 heteroatoms. The van der Waals surface area contributed by atoms with Crippen molar-refractivity contribution in [3.63, 3.8) is 0 Å². The Morgan fingerprint density at radius 2 is 1.73 bits per heavy atom. The zero-order valence-corrected chi connectivity index (χ0v) is 39.1. The van der Waals surface area contributed by atoms with Crippen LogP contribution in [0.25, 0.3) is 10.9 Å². The van der Waals surface area contributed by atoms with Crippen LogP contribution in [0, 0.1) is 11.3 Å². The Kier molecular flexibility index (Phi) is 11.8. The van der Waals surface area contributed by atoms with Gasteiger partial charge in [-0.25, -0.2) is 13.6 Å². The topological polar surface area (TPSA) is 134 Å². The van der Waals surface area contributed by atoms with Crippen LogP contribution in [0.1, 0.15) is 108 Å². The molecule has 3 aromatic rings. The minimum Gasteiger partial charge on any atom is -0.496 e. The number of benzene rings is 2. The Morgan fingerprint density at radius 3 is 2.36 bits per heavy atom. The molecule has 1 aliphatic carbocycles. The predicted molar refractivity (Wildman–Crippen MR) is 240 cm³/mol. The number of likely N-dealkylation sites (N-methyl/N-ethyl adjacent to an activating group) is 2. The van der Waals surface area contributed by atoms with Gasteiger partial charge in [-0.1, -0.05) is 52.3 Å². The fraction of sp³-hybridized carbons (Fsp3) is 0.620. The number of H-pyrrole nitrogens is 1. The quantitative estimate of drug-likeness (QED) is 0.131. The highest BCUT2D eigenvalue weighted by atomic mass is 19.3. The van der Waals surface area contributed by atoms with Crippen molar-refractivity contribution in [2.45, 2.75) is 127 Å². The first kappa shape index (κ1) is 46.0. The molecule has 348 valence electrons. The number of anilines is 1. The van der Waals surface area contributed by atoms with Crippen LogP contribution in [0.3, 0.4) is 0 Å². The highest BCUT2D eigenvalue weighted by molar-refractivity contribution is 5.95. The summed E-state index contributed by atoms with van der Waals surface area (Å²) >= 11 is 0. The average Bonchev–Trinajstić information content (AvgIpc) is 3.92. The monoisotopic (exact) mass is 888 g/mol. The van der Waals surface area contributed by atoms with Gasteiger partial charge in [-0.15, -0.1) is 0 Å². The maximum absolute atomic E-state index is 15.6. The maximum Gasteiger partial charge on any atom is 0.344 e. The number of hydrogen-bond acceptors (Lipinski definition) is 11. The third-order valence-corrected chi connectivity index (χ3v) is 16.2. The summed E-state index contributed by atoms with van der Waals surface area (Å²) in [7, 11) is 5.96. The number of carbonyl (C=O) groups excluding carboxylic acids is 3. The molecule has 1 aromatic heterocycles. The first-order chi connectivity index (χ1) is 30.3. The average molecular weight is 889 g/mol. The molecule has 8 atom stereocenters. The van der Waals surface area contributed by atoms with Crippen LogP contribution in [-0.2, 0) is 45.8 Å². The molecule has 0 amide bonds. The van der Waals surface area contributed by atoms with Crippen molar-refractivity contribution in [2.75, 3.05) is 66.0 Å². The number of halogens is 2. The Hall–Kier alpha value is -4.53. The summed E-state index contributed by atoms with van der Waals surface area (Å²) in [6, 6.07) is 8.87. The summed E-state index contributed by atoms with van der Waals surface area (Å²) in [4.78, 5) is 53.0. The molecule has 1 saturated carbocycles. The summed E-state index contributed by atoms with van der Waals surface area (Å²) in [6.45, 7) is 13.0. The molecule has 5 heterocycles. The lowest BCUT2D eigenvalue weighted by Crippen LogP contribution is -2.81. The first-order valence-electron chi connectivity index (χ1n) is 23.0. The van der Waals surface area contributed by atoms with E-state index < -0.39 is 63.7 Å². The van der Waals surface area contributed by atoms with Gasteiger partial charge in [0.2, 0.25) is 11.5 Å². The molecular formula is C50H66F2N4O8. The maximum atomic E-state index is 15.6. The van der Waals surface area contributed by atoms with Crippen LogP contribution in [0.4, 0.5) is 14.5 Å². The van der Waals surface area contributed by atoms with E-state index in [1.807, 2.05) is 50.1 Å². The first-order valence-corrected chi connectivity index (χ1v) is 23.0. The number of nitrogens with one attached hydrogen (secondary N) is 1. The smallest absolute Gasteiger partial charge is 0.344 e. The number of rotatable bonds is 9. The molecule has 4 aliphatic heterocycles. The van der Waals surface area contributed by atoms with Crippen molar-refractivity contribution < 1.29 is 47.2 Å². The van der Waals surface area contributed by atoms with Crippen LogP contribution in [0.15, 0.2) is 42.5 Å². The van der Waals surface area contributed by atoms with Crippen LogP contribution in [-0.4, -0.2) is 129 Å². The lowest BCUT2D eigenvalue weighted by Gasteiger charge is -2.63. The zero-order valence-electron chi connectivity index (χ0n) is 39.1. The van der Waals surface area contributed by atoms with Gasteiger partial charge in [-0.3, -0.25) is 14.5 Å². The molecule has 5 aliphatic rings. The second kappa shape index (κ2) is 16.4. The SMILES string of the molecule is CCN1CCc2c([nH]c3ccc(C(C)C)cc23)[C@@](C(=O)OC)(c2cc3c(cc2OC)N(C)[C@H]2[C@@](O)(C(=O)OC)[C@H](OC(C)=O)[C@]4(CC)C=CCN5CC[C@]32[C@@H]54)CCCC(C(C)(F)F)C1. The number of aliphatic hydroxyl groups is 1. The molecule has 0 bridgehead atoms. The molecular weight excluding hydrogens is 823 g/mol. The standard InChI is InChI=1S/C50H66F2N4O8/c1-11-47-19-14-22-56-24-21-49(41(47)56)35-26-36(39(61-8)27-38(35)54(7)42(49)50(60,45(59)63-10)43(47)64-30(5)57)48(44(58)62-9)20-13-15-32(46(6,51)52)28-55(12-2)23-18-33-34-25-31(29(3)4)16-17-37(34)53-40(33)48/h14,16-17,19,25-27,29,32,41-43,53,60H,11-13,15,18,20-24,28H2,1-10H3/t32?,41-,42+,43+,47+,48-,49+,50-/m0/s1. The van der Waals surface area contributed by atoms with Crippen molar-refractivity contribution in [3.05, 3.63) is 70.4 Å². The summed E-state index contributed by atoms with van der Waals surface area (Å²) in [5.41, 5.74) is -0.476. The fourth-order valence-corrected chi connectivity index (χ4v) is 13.3. The molecule has 2 aromatic carbocycles. The number of alkyl halides is 2. The third-order valence-electron chi connectivity index (χ3n) is 16.2. The van der Waals surface area contributed by atoms with Crippen LogP contribution in [0.5, 0.6) is 5.75 Å². The van der Waals surface area contributed by atoms with Gasteiger partial charge in [0.15, 0.2) is 6.10 Å². The molecule has 12 nitrogen and oxygen atoms in total. The number of aromatic nitrogens is 1. The van der Waals surface area contributed by atoms with Crippen LogP contribution < -0.4 is 9.64 Å². The Morgan fingerprint density at radius 1 is 1.00 bits per heavy atom. The van der Waals surface area contributed by atoms with E-state index in [0.717, 1.165) is 34.5 Å². The number of fused-ring (bicyclic) bond motifs is 4. The molecule has 1 spiro atoms. The predicted octanol–water partition coefficient (Wildman–Crippen LogP) is 7.02. The highest BCUT2D eigenvalue weighted by Gasteiger charge is 2.80. The summed E-state index contributed by atoms with van der Waals surface area (Å²) in [6.07, 6.45) is 4.66. The van der Waals surface area contributed by atoms with Crippen molar-refractivity contribution in [1.82, 2.24) is 14.8 Å². The normalized spacial score (nSPS) is 31.8. The summed E-state index contributed by atoms with van der Waals surface area (Å²) < 4.78 is 55.0. The van der Waals surface area contributed by atoms with Gasteiger partial charge in [0.25, 0.3) is 0 Å². The second-order valence-electron chi connectivity index (χ2n) is 19.5. The van der Waals surface area contributed by atoms with Gasteiger partial charge in [0, 0.05) is 90.3 Å². The summed E-state index contributed by atoms with van der Waals surface area (Å²) in [5.74, 6) is -5.46. The van der Waals surface area contributed by atoms with E-state index in [9.17, 15) is 14.7 Å². The largest absolute Gasteiger partial charge is 0.496 e. The summed E-state index contributed by atoms with van der Waals surface area (Å²) in [5, 5.41) is 14.3. The van der Waals surface area contributed by atoms with E-state index in [1.165, 1.54) is 21.1 Å². The molecule has 0 radical (unpaired) electrons. The number of methoxy groups -OCH3 is 3.